The average molecular weight is 343 g/mol. The van der Waals surface area contributed by atoms with Crippen LogP contribution in [0, 0.1) is 50.2 Å². The molecule has 2 heterocycles. The molecule has 6 heteroatoms. The molecule has 0 unspecified atom stereocenters. The van der Waals surface area contributed by atoms with Crippen molar-refractivity contribution in [3.05, 3.63) is 0 Å². The van der Waals surface area contributed by atoms with Crippen LogP contribution in [-0.4, -0.2) is 24.5 Å². The minimum atomic E-state index is -1.28. The molecule has 0 aromatic heterocycles. The minimum Gasteiger partial charge on any atom is -0.311 e. The molecule has 0 amide bonds. The Morgan fingerprint density at radius 3 is 2.28 bits per heavy atom. The number of nitrogens with zero attached hydrogens (tertiary/aromatic N) is 2. The number of fused-ring (bicyclic) bond motifs is 4. The van der Waals surface area contributed by atoms with Gasteiger partial charge in [0.25, 0.3) is 5.84 Å². The monoisotopic (exact) mass is 343 g/mol. The molecular weight excluding hydrogens is 316 g/mol. The highest BCUT2D eigenvalue weighted by Gasteiger charge is 3.04. The van der Waals surface area contributed by atoms with Crippen molar-refractivity contribution in [3.63, 3.8) is 0 Å². The third kappa shape index (κ3) is 1.51. The zero-order chi connectivity index (χ0) is 18.3. The predicted molar refractivity (Wildman–Crippen MR) is 89.3 cm³/mol. The van der Waals surface area contributed by atoms with Gasteiger partial charge < -0.3 is 9.47 Å². The van der Waals surface area contributed by atoms with Gasteiger partial charge in [0.1, 0.15) is 0 Å². The van der Waals surface area contributed by atoms with Crippen LogP contribution in [0.3, 0.4) is 0 Å². The number of nitriles is 2. The molecule has 134 valence electrons. The van der Waals surface area contributed by atoms with E-state index >= 15 is 0 Å². The van der Waals surface area contributed by atoms with Gasteiger partial charge in [-0.3, -0.25) is 5.73 Å². The summed E-state index contributed by atoms with van der Waals surface area (Å²) in [7, 11) is 0. The van der Waals surface area contributed by atoms with Crippen molar-refractivity contribution in [1.82, 2.24) is 0 Å². The lowest BCUT2D eigenvalue weighted by Gasteiger charge is -2.40. The first-order valence-corrected chi connectivity index (χ1v) is 9.22. The van der Waals surface area contributed by atoms with Gasteiger partial charge in [0, 0.05) is 5.41 Å². The summed E-state index contributed by atoms with van der Waals surface area (Å²) in [6.07, 6.45) is 3.47. The third-order valence-electron chi connectivity index (χ3n) is 7.42. The van der Waals surface area contributed by atoms with E-state index in [2.05, 4.69) is 37.9 Å². The highest BCUT2D eigenvalue weighted by Crippen LogP contribution is 2.87. The van der Waals surface area contributed by atoms with E-state index in [9.17, 15) is 10.5 Å². The molecule has 2 aliphatic heterocycles. The highest BCUT2D eigenvalue weighted by atomic mass is 16.8. The van der Waals surface area contributed by atoms with Crippen LogP contribution in [0.15, 0.2) is 0 Å². The second-order valence-corrected chi connectivity index (χ2v) is 9.34. The van der Waals surface area contributed by atoms with Crippen LogP contribution in [0.2, 0.25) is 0 Å². The lowest BCUT2D eigenvalue weighted by Crippen LogP contribution is -2.90. The molecule has 6 nitrogen and oxygen atoms in total. The van der Waals surface area contributed by atoms with Crippen molar-refractivity contribution in [1.29, 1.82) is 10.5 Å². The normalized spacial score (nSPS) is 51.0. The molecule has 2 spiro atoms. The maximum atomic E-state index is 10.3. The summed E-state index contributed by atoms with van der Waals surface area (Å²) in [5.74, 6) is -0.351. The van der Waals surface area contributed by atoms with Gasteiger partial charge in [-0.2, -0.15) is 10.5 Å². The summed E-state index contributed by atoms with van der Waals surface area (Å²) in [5.41, 5.74) is 3.97. The Labute approximate surface area is 149 Å². The molecule has 1 saturated heterocycles. The Kier molecular flexibility index (Phi) is 3.06. The predicted octanol–water partition coefficient (Wildman–Crippen LogP) is 0.783. The minimum absolute atomic E-state index is 0.136. The van der Waals surface area contributed by atoms with E-state index in [1.807, 2.05) is 6.92 Å². The summed E-state index contributed by atoms with van der Waals surface area (Å²) in [6.45, 7) is 9.09. The van der Waals surface area contributed by atoms with Gasteiger partial charge in [0.2, 0.25) is 0 Å². The fourth-order valence-corrected chi connectivity index (χ4v) is 6.17. The lowest BCUT2D eigenvalue weighted by molar-refractivity contribution is -0.680. The Bertz CT molecular complexity index is 734. The molecule has 0 bridgehead atoms. The molecular formula is C19H27N4O2+. The molecule has 4 atom stereocenters. The van der Waals surface area contributed by atoms with Gasteiger partial charge >= 0.3 is 5.91 Å². The van der Waals surface area contributed by atoms with Crippen LogP contribution in [0.4, 0.5) is 0 Å². The standard InChI is InChI=1S/C19H26N4O2/c1-12-9-24-19(25-12)18(11-21)16(17(18,10-20)14(22)23-19)7-5-13(6-8-16)15(2,3)4/h12-13H,5-9H2,1-4H3,(H2,22,23)/p+1/t12-,13?,16?,17-,18+,19+/m0/s1. The number of hydrogen-bond acceptors (Lipinski definition) is 5. The zero-order valence-electron chi connectivity index (χ0n) is 15.5. The van der Waals surface area contributed by atoms with Gasteiger partial charge in [-0.05, 0) is 43.9 Å². The van der Waals surface area contributed by atoms with Crippen LogP contribution in [0.25, 0.3) is 0 Å². The second kappa shape index (κ2) is 4.55. The Morgan fingerprint density at radius 1 is 1.20 bits per heavy atom. The van der Waals surface area contributed by atoms with Crippen molar-refractivity contribution in [2.24, 2.45) is 33.3 Å². The summed E-state index contributed by atoms with van der Waals surface area (Å²) < 4.78 is 12.0. The van der Waals surface area contributed by atoms with E-state index in [1.54, 1.807) is 0 Å². The Hall–Kier alpha value is -1.63. The molecule has 0 radical (unpaired) electrons. The van der Waals surface area contributed by atoms with E-state index in [0.29, 0.717) is 18.4 Å². The van der Waals surface area contributed by atoms with Crippen molar-refractivity contribution in [2.75, 3.05) is 6.61 Å². The Morgan fingerprint density at radius 2 is 1.84 bits per heavy atom. The van der Waals surface area contributed by atoms with Crippen LogP contribution in [-0.2, 0) is 9.47 Å². The number of ether oxygens (including phenoxy) is 2. The number of nitrogens with one attached hydrogen (secondary N) is 1. The van der Waals surface area contributed by atoms with Gasteiger partial charge in [-0.1, -0.05) is 20.8 Å². The molecule has 3 fully saturated rings. The molecule has 0 aromatic carbocycles. The SMILES string of the molecule is C[C@H]1CO[C@@]2([NH+]=C(N)[C@@]3(C#N)C4(CCC(C(C)(C)C)CC4)[C@@]23C#N)O1. The van der Waals surface area contributed by atoms with E-state index in [-0.39, 0.29) is 11.5 Å². The van der Waals surface area contributed by atoms with Gasteiger partial charge in [0.05, 0.1) is 24.8 Å². The summed E-state index contributed by atoms with van der Waals surface area (Å²) in [6, 6.07) is 4.90. The molecule has 0 aromatic rings. The van der Waals surface area contributed by atoms with Gasteiger partial charge in [-0.25, -0.2) is 4.99 Å². The lowest BCUT2D eigenvalue weighted by atomic mass is 9.65. The van der Waals surface area contributed by atoms with Gasteiger partial charge in [0.15, 0.2) is 10.8 Å². The quantitative estimate of drug-likeness (QED) is 0.676. The van der Waals surface area contributed by atoms with Crippen molar-refractivity contribution in [2.45, 2.75) is 65.4 Å². The summed E-state index contributed by atoms with van der Waals surface area (Å²) in [4.78, 5) is 3.06. The van der Waals surface area contributed by atoms with E-state index < -0.39 is 22.2 Å². The van der Waals surface area contributed by atoms with E-state index in [0.717, 1.165) is 25.7 Å². The molecule has 25 heavy (non-hydrogen) atoms. The van der Waals surface area contributed by atoms with Crippen LogP contribution in [0.5, 0.6) is 0 Å². The van der Waals surface area contributed by atoms with Gasteiger partial charge in [-0.15, -0.1) is 0 Å². The highest BCUT2D eigenvalue weighted by molar-refractivity contribution is 5.95. The van der Waals surface area contributed by atoms with Crippen LogP contribution >= 0.6 is 0 Å². The van der Waals surface area contributed by atoms with Crippen molar-refractivity contribution >= 4 is 5.84 Å². The molecule has 2 saturated carbocycles. The number of nitrogens with two attached hydrogens (primary N) is 1. The second-order valence-electron chi connectivity index (χ2n) is 9.34. The Balaban J connectivity index is 1.78. The first kappa shape index (κ1) is 16.8. The fourth-order valence-electron chi connectivity index (χ4n) is 6.17. The number of amidine groups is 1. The maximum absolute atomic E-state index is 10.3. The maximum Gasteiger partial charge on any atom is 0.343 e. The number of rotatable bonds is 0. The largest absolute Gasteiger partial charge is 0.343 e. The summed E-state index contributed by atoms with van der Waals surface area (Å²) >= 11 is 0. The van der Waals surface area contributed by atoms with Crippen LogP contribution in [0.1, 0.15) is 53.4 Å². The third-order valence-corrected chi connectivity index (χ3v) is 7.42. The average Bonchev–Trinajstić information content (AvgIpc) is 2.74. The van der Waals surface area contributed by atoms with E-state index in [4.69, 9.17) is 15.2 Å². The zero-order valence-corrected chi connectivity index (χ0v) is 15.5. The number of hydrogen-bond donors (Lipinski definition) is 2. The molecule has 4 aliphatic rings. The fraction of sp³-hybridized carbons (Fsp3) is 0.842. The topological polar surface area (TPSA) is 106 Å². The summed E-state index contributed by atoms with van der Waals surface area (Å²) in [5, 5.41) is 20.4. The van der Waals surface area contributed by atoms with E-state index in [1.165, 1.54) is 0 Å². The molecule has 2 aliphatic carbocycles. The van der Waals surface area contributed by atoms with Crippen LogP contribution < -0.4 is 10.7 Å². The van der Waals surface area contributed by atoms with Crippen molar-refractivity contribution < 1.29 is 14.5 Å². The molecule has 4 rings (SSSR count). The smallest absolute Gasteiger partial charge is 0.311 e. The first-order chi connectivity index (χ1) is 11.7. The van der Waals surface area contributed by atoms with Crippen molar-refractivity contribution in [3.8, 4) is 12.1 Å². The molecule has 3 N–H and O–H groups in total. The first-order valence-electron chi connectivity index (χ1n) is 9.22.